The molecule has 49 heavy (non-hydrogen) atoms. The highest BCUT2D eigenvalue weighted by molar-refractivity contribution is 7.85. The molecule has 2 N–H and O–H groups in total. The van der Waals surface area contributed by atoms with Gasteiger partial charge in [-0.2, -0.15) is 10.2 Å². The smallest absolute Gasteiger partial charge is 0.269 e. The van der Waals surface area contributed by atoms with Crippen LogP contribution in [0.3, 0.4) is 0 Å². The fraction of sp³-hybridized carbons (Fsp3) is 0.242. The molecule has 1 aliphatic carbocycles. The number of benzene rings is 3. The molecule has 2 atom stereocenters. The van der Waals surface area contributed by atoms with Gasteiger partial charge in [0, 0.05) is 37.9 Å². The minimum Gasteiger partial charge on any atom is -0.344 e. The second-order valence-electron chi connectivity index (χ2n) is 11.9. The molecule has 252 valence electrons. The zero-order chi connectivity index (χ0) is 34.6. The summed E-state index contributed by atoms with van der Waals surface area (Å²) in [4.78, 5) is 32.7. The quantitative estimate of drug-likeness (QED) is 0.201. The zero-order valence-corrected chi connectivity index (χ0v) is 27.7. The third-order valence-electron chi connectivity index (χ3n) is 8.24. The van der Waals surface area contributed by atoms with E-state index in [0.717, 1.165) is 47.4 Å². The van der Waals surface area contributed by atoms with E-state index in [9.17, 15) is 22.6 Å². The van der Waals surface area contributed by atoms with Crippen molar-refractivity contribution in [1.29, 1.82) is 0 Å². The normalized spacial score (nSPS) is 14.3. The van der Waals surface area contributed by atoms with Gasteiger partial charge in [0.2, 0.25) is 5.91 Å². The Morgan fingerprint density at radius 2 is 1.82 bits per heavy atom. The second-order valence-corrected chi connectivity index (χ2v) is 13.4. The van der Waals surface area contributed by atoms with Crippen molar-refractivity contribution in [2.24, 2.45) is 7.05 Å². The highest BCUT2D eigenvalue weighted by atomic mass is 35.5. The van der Waals surface area contributed by atoms with Gasteiger partial charge in [-0.15, -0.1) is 0 Å². The maximum atomic E-state index is 15.3. The minimum atomic E-state index is -1.54. The van der Waals surface area contributed by atoms with E-state index < -0.39 is 45.9 Å². The Morgan fingerprint density at radius 3 is 2.53 bits per heavy atom. The van der Waals surface area contributed by atoms with Crippen LogP contribution in [0.15, 0.2) is 65.6 Å². The summed E-state index contributed by atoms with van der Waals surface area (Å²) in [6, 6.07) is 10.6. The van der Waals surface area contributed by atoms with E-state index in [1.165, 1.54) is 39.9 Å². The first-order valence-electron chi connectivity index (χ1n) is 15.2. The number of fused-ring (bicyclic) bond motifs is 2. The summed E-state index contributed by atoms with van der Waals surface area (Å²) in [6.45, 7) is -0.191. The average Bonchev–Trinajstić information content (AvgIpc) is 3.69. The van der Waals surface area contributed by atoms with Gasteiger partial charge in [-0.3, -0.25) is 28.2 Å². The van der Waals surface area contributed by atoms with Crippen molar-refractivity contribution in [3.05, 3.63) is 111 Å². The molecule has 3 aromatic heterocycles. The number of amides is 1. The maximum Gasteiger partial charge on any atom is 0.269 e. The van der Waals surface area contributed by atoms with Crippen LogP contribution in [0.4, 0.5) is 19.0 Å². The van der Waals surface area contributed by atoms with Crippen molar-refractivity contribution >= 4 is 56.1 Å². The lowest BCUT2D eigenvalue weighted by Gasteiger charge is -2.24. The van der Waals surface area contributed by atoms with Crippen LogP contribution < -0.4 is 15.6 Å². The summed E-state index contributed by atoms with van der Waals surface area (Å²) >= 11 is 6.60. The van der Waals surface area contributed by atoms with Crippen molar-refractivity contribution in [2.45, 2.75) is 37.8 Å². The monoisotopic (exact) mass is 708 g/mol. The Bertz CT molecular complexity index is 2350. The number of nitrogens with one attached hydrogen (secondary N) is 2. The highest BCUT2D eigenvalue weighted by Gasteiger charge is 2.29. The van der Waals surface area contributed by atoms with Crippen molar-refractivity contribution in [3.63, 3.8) is 0 Å². The van der Waals surface area contributed by atoms with Crippen molar-refractivity contribution < 1.29 is 22.2 Å². The molecule has 0 spiro atoms. The molecule has 6 aromatic rings. The molecule has 0 aliphatic heterocycles. The zero-order valence-electron chi connectivity index (χ0n) is 26.1. The van der Waals surface area contributed by atoms with Crippen LogP contribution in [0.5, 0.6) is 0 Å². The SMILES string of the molecule is Cn1nc(NS(C)=O)c2c(Cl)ccc(-n3c(C(Cc4cc(F)cc(F)c4)NC(=O)Cn4ccc(C5CC5)n4)nc4cccc(F)c4c3=O)c21. The van der Waals surface area contributed by atoms with Crippen LogP contribution in [0.1, 0.15) is 41.9 Å². The maximum absolute atomic E-state index is 15.3. The van der Waals surface area contributed by atoms with E-state index in [0.29, 0.717) is 16.8 Å². The first-order valence-corrected chi connectivity index (χ1v) is 17.1. The predicted octanol–water partition coefficient (Wildman–Crippen LogP) is 5.22. The summed E-state index contributed by atoms with van der Waals surface area (Å²) in [6.07, 6.45) is 4.96. The predicted molar refractivity (Wildman–Crippen MR) is 179 cm³/mol. The molecule has 1 fully saturated rings. The number of nitrogens with zero attached hydrogens (tertiary/aromatic N) is 6. The molecule has 0 bridgehead atoms. The number of aromatic nitrogens is 6. The molecule has 3 aromatic carbocycles. The first-order chi connectivity index (χ1) is 23.5. The molecule has 1 saturated carbocycles. The summed E-state index contributed by atoms with van der Waals surface area (Å²) in [5.41, 5.74) is 0.690. The Labute approximate surface area is 284 Å². The van der Waals surface area contributed by atoms with Crippen LogP contribution in [-0.4, -0.2) is 45.5 Å². The van der Waals surface area contributed by atoms with Crippen LogP contribution in [0.2, 0.25) is 5.02 Å². The molecule has 0 radical (unpaired) electrons. The lowest BCUT2D eigenvalue weighted by atomic mass is 10.0. The molecule has 1 aliphatic rings. The largest absolute Gasteiger partial charge is 0.344 e. The number of hydrogen-bond acceptors (Lipinski definition) is 6. The number of halogens is 4. The number of hydrogen-bond donors (Lipinski definition) is 2. The van der Waals surface area contributed by atoms with Crippen LogP contribution in [0, 0.1) is 17.5 Å². The average molecular weight is 709 g/mol. The molecule has 1 amide bonds. The van der Waals surface area contributed by atoms with Crippen molar-refractivity contribution in [1.82, 2.24) is 34.4 Å². The second kappa shape index (κ2) is 12.8. The molecule has 7 rings (SSSR count). The van der Waals surface area contributed by atoms with Gasteiger partial charge < -0.3 is 5.32 Å². The number of carbonyl (C=O) groups excluding carboxylic acids is 1. The molecule has 0 saturated heterocycles. The Morgan fingerprint density at radius 1 is 1.06 bits per heavy atom. The summed E-state index contributed by atoms with van der Waals surface area (Å²) < 4.78 is 63.0. The minimum absolute atomic E-state index is 0.000946. The highest BCUT2D eigenvalue weighted by Crippen LogP contribution is 2.39. The van der Waals surface area contributed by atoms with E-state index >= 15 is 4.39 Å². The molecule has 11 nitrogen and oxygen atoms in total. The third-order valence-corrected chi connectivity index (χ3v) is 9.04. The molecule has 3 heterocycles. The van der Waals surface area contributed by atoms with Crippen LogP contribution >= 0.6 is 11.6 Å². The van der Waals surface area contributed by atoms with Gasteiger partial charge in [0.25, 0.3) is 5.56 Å². The standard InChI is InChI=1S/C33H28ClF3N8O3S/c1-43-30-26(9-8-21(34)28(30)31(41-43)42-49(2)48)45-32(39-24-5-3-4-22(37)29(24)33(45)47)25(14-17-12-19(35)15-20(36)13-17)38-27(46)16-44-11-10-23(40-44)18-6-7-18/h3-5,8-13,15,18,25H,6-7,14,16H2,1-2H3,(H,38,46)(H,41,42). The Kier molecular flexibility index (Phi) is 8.48. The molecular weight excluding hydrogens is 681 g/mol. The summed E-state index contributed by atoms with van der Waals surface area (Å²) in [5.74, 6) is -2.54. The Balaban J connectivity index is 1.43. The molecule has 16 heteroatoms. The third kappa shape index (κ3) is 6.43. The lowest BCUT2D eigenvalue weighted by molar-refractivity contribution is -0.122. The number of aryl methyl sites for hydroxylation is 1. The number of rotatable bonds is 10. The van der Waals surface area contributed by atoms with E-state index in [1.807, 2.05) is 6.07 Å². The van der Waals surface area contributed by atoms with Gasteiger partial charge >= 0.3 is 0 Å². The van der Waals surface area contributed by atoms with Gasteiger partial charge in [0.15, 0.2) is 5.82 Å². The fourth-order valence-corrected chi connectivity index (χ4v) is 6.70. The fourth-order valence-electron chi connectivity index (χ4n) is 6.04. The molecular formula is C33H28ClF3N8O3S. The van der Waals surface area contributed by atoms with Gasteiger partial charge in [0.1, 0.15) is 46.2 Å². The summed E-state index contributed by atoms with van der Waals surface area (Å²) in [7, 11) is 0.0484. The van der Waals surface area contributed by atoms with Gasteiger partial charge in [-0.1, -0.05) is 17.7 Å². The Hall–Kier alpha value is -5.02. The van der Waals surface area contributed by atoms with E-state index in [4.69, 9.17) is 16.6 Å². The van der Waals surface area contributed by atoms with Crippen molar-refractivity contribution in [3.8, 4) is 5.69 Å². The van der Waals surface area contributed by atoms with E-state index in [2.05, 4.69) is 20.2 Å². The van der Waals surface area contributed by atoms with Gasteiger partial charge in [-0.05, 0) is 60.9 Å². The van der Waals surface area contributed by atoms with Crippen LogP contribution in [-0.2, 0) is 35.8 Å². The van der Waals surface area contributed by atoms with Gasteiger partial charge in [0.05, 0.1) is 38.9 Å². The van der Waals surface area contributed by atoms with Gasteiger partial charge in [-0.25, -0.2) is 22.4 Å². The first kappa shape index (κ1) is 32.5. The summed E-state index contributed by atoms with van der Waals surface area (Å²) in [5, 5.41) is 12.0. The van der Waals surface area contributed by atoms with E-state index in [1.54, 1.807) is 13.2 Å². The molecule has 2 unspecified atom stereocenters. The van der Waals surface area contributed by atoms with Crippen molar-refractivity contribution in [2.75, 3.05) is 11.0 Å². The number of anilines is 1. The lowest BCUT2D eigenvalue weighted by Crippen LogP contribution is -2.37. The number of carbonyl (C=O) groups is 1. The topological polar surface area (TPSA) is 129 Å². The van der Waals surface area contributed by atoms with Crippen LogP contribution in [0.25, 0.3) is 27.5 Å². The van der Waals surface area contributed by atoms with E-state index in [-0.39, 0.29) is 51.8 Å².